The van der Waals surface area contributed by atoms with E-state index in [1.807, 2.05) is 6.20 Å². The number of hydrogen-bond donors (Lipinski definition) is 1. The predicted octanol–water partition coefficient (Wildman–Crippen LogP) is 0.433. The van der Waals surface area contributed by atoms with Crippen LogP contribution in [0, 0.1) is 0 Å². The van der Waals surface area contributed by atoms with E-state index < -0.39 is 5.91 Å². The van der Waals surface area contributed by atoms with Gasteiger partial charge in [-0.05, 0) is 12.1 Å². The van der Waals surface area contributed by atoms with Gasteiger partial charge < -0.3 is 10.1 Å². The maximum atomic E-state index is 10.8. The maximum absolute atomic E-state index is 10.8. The molecule has 0 unspecified atom stereocenters. The van der Waals surface area contributed by atoms with Crippen molar-refractivity contribution in [1.82, 2.24) is 9.38 Å². The monoisotopic (exact) mass is 161 g/mol. The van der Waals surface area contributed by atoms with Crippen LogP contribution in [-0.4, -0.2) is 15.3 Å². The van der Waals surface area contributed by atoms with E-state index in [9.17, 15) is 4.79 Å². The van der Waals surface area contributed by atoms with Crippen molar-refractivity contribution < 1.29 is 4.79 Å². The summed E-state index contributed by atoms with van der Waals surface area (Å²) in [7, 11) is 0. The lowest BCUT2D eigenvalue weighted by atomic mass is 10.3. The molecule has 0 aliphatic rings. The minimum absolute atomic E-state index is 0.430. The fraction of sp³-hybridized carbons (Fsp3) is 0. The molecule has 0 atom stereocenters. The summed E-state index contributed by atoms with van der Waals surface area (Å²) in [5.41, 5.74) is 6.31. The van der Waals surface area contributed by atoms with Gasteiger partial charge in [0.1, 0.15) is 5.65 Å². The standard InChI is InChI=1S/C8H7N3O/c9-8(12)6-4-7-10-2-1-3-11(7)5-6/h1-5H,(H2,9,12). The Bertz CT molecular complexity index is 400. The Labute approximate surface area is 68.6 Å². The number of carbonyl (C=O) groups is 1. The van der Waals surface area contributed by atoms with E-state index in [1.54, 1.807) is 28.9 Å². The minimum Gasteiger partial charge on any atom is -0.366 e. The van der Waals surface area contributed by atoms with Crippen LogP contribution in [0.2, 0.25) is 0 Å². The molecule has 2 rings (SSSR count). The topological polar surface area (TPSA) is 60.4 Å². The fourth-order valence-electron chi connectivity index (χ4n) is 1.08. The zero-order valence-corrected chi connectivity index (χ0v) is 6.27. The van der Waals surface area contributed by atoms with Crippen LogP contribution in [0.3, 0.4) is 0 Å². The first-order valence-corrected chi connectivity index (χ1v) is 3.50. The Morgan fingerprint density at radius 2 is 2.42 bits per heavy atom. The lowest BCUT2D eigenvalue weighted by Gasteiger charge is -1.87. The molecule has 0 saturated carbocycles. The van der Waals surface area contributed by atoms with Gasteiger partial charge in [0.15, 0.2) is 0 Å². The molecule has 12 heavy (non-hydrogen) atoms. The maximum Gasteiger partial charge on any atom is 0.250 e. The number of carbonyl (C=O) groups excluding carboxylic acids is 1. The van der Waals surface area contributed by atoms with Crippen molar-refractivity contribution in [3.63, 3.8) is 0 Å². The summed E-state index contributed by atoms with van der Waals surface area (Å²) in [4.78, 5) is 14.8. The molecule has 4 nitrogen and oxygen atoms in total. The van der Waals surface area contributed by atoms with E-state index in [-0.39, 0.29) is 0 Å². The van der Waals surface area contributed by atoms with Gasteiger partial charge in [0.2, 0.25) is 5.91 Å². The quantitative estimate of drug-likeness (QED) is 0.659. The Morgan fingerprint density at radius 3 is 3.08 bits per heavy atom. The number of nitrogens with zero attached hydrogens (tertiary/aromatic N) is 2. The largest absolute Gasteiger partial charge is 0.366 e. The van der Waals surface area contributed by atoms with Crippen molar-refractivity contribution >= 4 is 11.6 Å². The van der Waals surface area contributed by atoms with E-state index >= 15 is 0 Å². The van der Waals surface area contributed by atoms with Crippen LogP contribution in [0.25, 0.3) is 5.65 Å². The zero-order chi connectivity index (χ0) is 8.55. The summed E-state index contributed by atoms with van der Waals surface area (Å²) in [5.74, 6) is -0.430. The number of primary amides is 1. The predicted molar refractivity (Wildman–Crippen MR) is 43.7 cm³/mol. The lowest BCUT2D eigenvalue weighted by Crippen LogP contribution is -2.09. The van der Waals surface area contributed by atoms with Crippen LogP contribution in [0.1, 0.15) is 10.4 Å². The van der Waals surface area contributed by atoms with Gasteiger partial charge in [-0.25, -0.2) is 4.98 Å². The molecule has 0 spiro atoms. The van der Waals surface area contributed by atoms with Gasteiger partial charge in [-0.3, -0.25) is 4.79 Å². The molecule has 0 aromatic carbocycles. The van der Waals surface area contributed by atoms with Crippen LogP contribution in [-0.2, 0) is 0 Å². The molecule has 0 aliphatic carbocycles. The van der Waals surface area contributed by atoms with Gasteiger partial charge in [0, 0.05) is 18.6 Å². The number of fused-ring (bicyclic) bond motifs is 1. The second kappa shape index (κ2) is 2.34. The second-order valence-electron chi connectivity index (χ2n) is 2.48. The summed E-state index contributed by atoms with van der Waals surface area (Å²) in [6.07, 6.45) is 5.14. The van der Waals surface area contributed by atoms with Crippen molar-refractivity contribution in [3.05, 3.63) is 36.3 Å². The van der Waals surface area contributed by atoms with Crippen molar-refractivity contribution in [2.75, 3.05) is 0 Å². The molecule has 2 aromatic heterocycles. The van der Waals surface area contributed by atoms with Crippen LogP contribution in [0.4, 0.5) is 0 Å². The summed E-state index contributed by atoms with van der Waals surface area (Å²) in [6, 6.07) is 3.44. The molecule has 0 fully saturated rings. The average molecular weight is 161 g/mol. The van der Waals surface area contributed by atoms with E-state index in [0.29, 0.717) is 5.56 Å². The molecule has 0 bridgehead atoms. The van der Waals surface area contributed by atoms with Gasteiger partial charge in [0.05, 0.1) is 5.56 Å². The summed E-state index contributed by atoms with van der Waals surface area (Å²) < 4.78 is 1.75. The van der Waals surface area contributed by atoms with Gasteiger partial charge >= 0.3 is 0 Å². The van der Waals surface area contributed by atoms with Crippen LogP contribution >= 0.6 is 0 Å². The smallest absolute Gasteiger partial charge is 0.250 e. The molecule has 2 aromatic rings. The Kier molecular flexibility index (Phi) is 1.33. The summed E-state index contributed by atoms with van der Waals surface area (Å²) in [6.45, 7) is 0. The van der Waals surface area contributed by atoms with E-state index in [1.165, 1.54) is 0 Å². The fourth-order valence-corrected chi connectivity index (χ4v) is 1.08. The van der Waals surface area contributed by atoms with Crippen molar-refractivity contribution in [1.29, 1.82) is 0 Å². The molecule has 0 saturated heterocycles. The molecule has 2 heterocycles. The summed E-state index contributed by atoms with van der Waals surface area (Å²) >= 11 is 0. The first-order valence-electron chi connectivity index (χ1n) is 3.50. The third kappa shape index (κ3) is 0.934. The van der Waals surface area contributed by atoms with Crippen molar-refractivity contribution in [3.8, 4) is 0 Å². The Morgan fingerprint density at radius 1 is 1.58 bits per heavy atom. The second-order valence-corrected chi connectivity index (χ2v) is 2.48. The summed E-state index contributed by atoms with van der Waals surface area (Å²) in [5, 5.41) is 0. The average Bonchev–Trinajstić information content (AvgIpc) is 2.46. The minimum atomic E-state index is -0.430. The normalized spacial score (nSPS) is 10.3. The Hall–Kier alpha value is -1.84. The van der Waals surface area contributed by atoms with Crippen LogP contribution in [0.15, 0.2) is 30.7 Å². The van der Waals surface area contributed by atoms with Crippen LogP contribution < -0.4 is 5.73 Å². The highest BCUT2D eigenvalue weighted by atomic mass is 16.1. The highest BCUT2D eigenvalue weighted by Crippen LogP contribution is 2.05. The van der Waals surface area contributed by atoms with Crippen molar-refractivity contribution in [2.45, 2.75) is 0 Å². The Balaban J connectivity index is 2.70. The van der Waals surface area contributed by atoms with Gasteiger partial charge in [-0.15, -0.1) is 0 Å². The number of hydrogen-bond acceptors (Lipinski definition) is 2. The van der Waals surface area contributed by atoms with Crippen molar-refractivity contribution in [2.24, 2.45) is 5.73 Å². The first kappa shape index (κ1) is 6.84. The van der Waals surface area contributed by atoms with Crippen LogP contribution in [0.5, 0.6) is 0 Å². The number of amides is 1. The molecule has 0 aliphatic heterocycles. The molecular formula is C8H7N3O. The van der Waals surface area contributed by atoms with Gasteiger partial charge in [0.25, 0.3) is 0 Å². The van der Waals surface area contributed by atoms with E-state index in [4.69, 9.17) is 5.73 Å². The lowest BCUT2D eigenvalue weighted by molar-refractivity contribution is 0.100. The molecule has 0 radical (unpaired) electrons. The SMILES string of the molecule is NC(=O)c1cc2ncccn2c1. The number of aromatic nitrogens is 2. The zero-order valence-electron chi connectivity index (χ0n) is 6.27. The number of nitrogens with two attached hydrogens (primary N) is 1. The molecular weight excluding hydrogens is 154 g/mol. The van der Waals surface area contributed by atoms with Gasteiger partial charge in [-0.1, -0.05) is 0 Å². The molecule has 4 heteroatoms. The highest BCUT2D eigenvalue weighted by Gasteiger charge is 2.03. The third-order valence-electron chi connectivity index (χ3n) is 1.65. The van der Waals surface area contributed by atoms with E-state index in [2.05, 4.69) is 4.98 Å². The molecule has 1 amide bonds. The third-order valence-corrected chi connectivity index (χ3v) is 1.65. The van der Waals surface area contributed by atoms with Gasteiger partial charge in [-0.2, -0.15) is 0 Å². The number of rotatable bonds is 1. The highest BCUT2D eigenvalue weighted by molar-refractivity contribution is 5.93. The van der Waals surface area contributed by atoms with E-state index in [0.717, 1.165) is 5.65 Å². The first-order chi connectivity index (χ1) is 5.77. The molecule has 2 N–H and O–H groups in total. The molecule has 60 valence electrons.